The van der Waals surface area contributed by atoms with Crippen LogP contribution in [0, 0.1) is 11.8 Å². The number of Topliss-reactive ketones (excluding diaryl/α,β-unsaturated/α-hetero) is 1. The standard InChI is InChI=1S/C27H25ClN2O4/c1-15-13-21-22-23(27(33)29(26(22)32)14-16-7-6-12-34-16)24(25(31)18-9-2-4-10-19(18)28)30(21)20-11-5-3-8-17(15)20/h2-5,8-11,13,16,21-24H,6-7,12,14H2,1H3/t16-,21+,22+,23+,24+/m1/s1. The number of amides is 2. The second-order valence-corrected chi connectivity index (χ2v) is 9.93. The summed E-state index contributed by atoms with van der Waals surface area (Å²) in [5.74, 6) is -2.11. The number of ketones is 1. The van der Waals surface area contributed by atoms with Crippen molar-refractivity contribution in [3.8, 4) is 0 Å². The second-order valence-electron chi connectivity index (χ2n) is 9.53. The van der Waals surface area contributed by atoms with E-state index >= 15 is 0 Å². The van der Waals surface area contributed by atoms with Gasteiger partial charge in [-0.15, -0.1) is 0 Å². The number of likely N-dealkylation sites (tertiary alicyclic amines) is 1. The van der Waals surface area contributed by atoms with Gasteiger partial charge >= 0.3 is 0 Å². The van der Waals surface area contributed by atoms with E-state index < -0.39 is 17.9 Å². The number of fused-ring (bicyclic) bond motifs is 5. The molecule has 2 aromatic rings. The van der Waals surface area contributed by atoms with E-state index in [-0.39, 0.29) is 36.3 Å². The third-order valence-electron chi connectivity index (χ3n) is 7.66. The number of ether oxygens (including phenoxy) is 1. The highest BCUT2D eigenvalue weighted by atomic mass is 35.5. The first-order valence-corrected chi connectivity index (χ1v) is 12.2. The quantitative estimate of drug-likeness (QED) is 0.493. The number of allylic oxidation sites excluding steroid dienone is 1. The second kappa shape index (κ2) is 8.07. The highest BCUT2D eigenvalue weighted by molar-refractivity contribution is 6.34. The van der Waals surface area contributed by atoms with Gasteiger partial charge in [-0.25, -0.2) is 0 Å². The molecule has 6 rings (SSSR count). The Hall–Kier alpha value is -2.96. The van der Waals surface area contributed by atoms with Gasteiger partial charge in [-0.3, -0.25) is 19.3 Å². The van der Waals surface area contributed by atoms with E-state index in [9.17, 15) is 14.4 Å². The summed E-state index contributed by atoms with van der Waals surface area (Å²) in [6.45, 7) is 2.92. The van der Waals surface area contributed by atoms with Crippen LogP contribution in [-0.4, -0.2) is 53.8 Å². The van der Waals surface area contributed by atoms with Crippen molar-refractivity contribution in [3.05, 3.63) is 70.8 Å². The van der Waals surface area contributed by atoms with E-state index in [1.165, 1.54) is 4.90 Å². The van der Waals surface area contributed by atoms with Crippen molar-refractivity contribution in [1.82, 2.24) is 4.90 Å². The van der Waals surface area contributed by atoms with Gasteiger partial charge in [-0.05, 0) is 43.5 Å². The molecule has 0 N–H and O–H groups in total. The molecular weight excluding hydrogens is 452 g/mol. The van der Waals surface area contributed by atoms with Gasteiger partial charge in [-0.1, -0.05) is 48.0 Å². The summed E-state index contributed by atoms with van der Waals surface area (Å²) < 4.78 is 5.71. The van der Waals surface area contributed by atoms with Crippen LogP contribution in [0.5, 0.6) is 0 Å². The Morgan fingerprint density at radius 1 is 1.06 bits per heavy atom. The van der Waals surface area contributed by atoms with Gasteiger partial charge in [0.2, 0.25) is 11.8 Å². The van der Waals surface area contributed by atoms with Crippen LogP contribution in [0.1, 0.15) is 35.7 Å². The first-order valence-electron chi connectivity index (χ1n) is 11.8. The number of nitrogens with zero attached hydrogens (tertiary/aromatic N) is 2. The Labute approximate surface area is 203 Å². The summed E-state index contributed by atoms with van der Waals surface area (Å²) in [4.78, 5) is 44.8. The number of carbonyl (C=O) groups excluding carboxylic acids is 3. The SMILES string of the molecule is CC1=C[C@H]2[C@@H]3C(=O)N(C[C@H]4CCCO4)C(=O)[C@@H]3[C@@H](C(=O)c3ccccc3Cl)N2c2ccccc21. The molecule has 0 aromatic heterocycles. The van der Waals surface area contributed by atoms with Gasteiger partial charge in [0.15, 0.2) is 5.78 Å². The topological polar surface area (TPSA) is 66.9 Å². The first kappa shape index (κ1) is 21.6. The van der Waals surface area contributed by atoms with Gasteiger partial charge in [0.1, 0.15) is 6.04 Å². The molecule has 0 saturated carbocycles. The van der Waals surface area contributed by atoms with Gasteiger partial charge in [0, 0.05) is 23.4 Å². The van der Waals surface area contributed by atoms with Crippen LogP contribution in [0.2, 0.25) is 5.02 Å². The van der Waals surface area contributed by atoms with Gasteiger partial charge in [-0.2, -0.15) is 0 Å². The molecule has 4 aliphatic rings. The molecule has 0 spiro atoms. The normalized spacial score (nSPS) is 29.7. The summed E-state index contributed by atoms with van der Waals surface area (Å²) in [6, 6.07) is 13.6. The molecule has 2 aromatic carbocycles. The van der Waals surface area contributed by atoms with Gasteiger partial charge in [0.05, 0.1) is 35.5 Å². The third kappa shape index (κ3) is 3.08. The van der Waals surface area contributed by atoms with Crippen molar-refractivity contribution in [2.24, 2.45) is 11.8 Å². The number of benzene rings is 2. The van der Waals surface area contributed by atoms with Crippen LogP contribution in [0.25, 0.3) is 5.57 Å². The average Bonchev–Trinajstić information content (AvgIpc) is 3.53. The minimum Gasteiger partial charge on any atom is -0.376 e. The molecule has 0 bridgehead atoms. The zero-order valence-electron chi connectivity index (χ0n) is 18.8. The van der Waals surface area contributed by atoms with Crippen LogP contribution in [0.4, 0.5) is 5.69 Å². The number of rotatable bonds is 4. The first-order chi connectivity index (χ1) is 16.5. The molecule has 5 atom stereocenters. The van der Waals surface area contributed by atoms with Crippen LogP contribution < -0.4 is 4.90 Å². The Morgan fingerprint density at radius 2 is 1.79 bits per heavy atom. The highest BCUT2D eigenvalue weighted by Gasteiger charge is 2.64. The number of halogens is 1. The fraction of sp³-hybridized carbons (Fsp3) is 0.370. The maximum Gasteiger partial charge on any atom is 0.235 e. The molecule has 3 fully saturated rings. The summed E-state index contributed by atoms with van der Waals surface area (Å²) >= 11 is 6.42. The monoisotopic (exact) mass is 476 g/mol. The molecule has 2 amide bonds. The average molecular weight is 477 g/mol. The van der Waals surface area contributed by atoms with Crippen molar-refractivity contribution in [2.45, 2.75) is 38.0 Å². The zero-order valence-corrected chi connectivity index (χ0v) is 19.6. The largest absolute Gasteiger partial charge is 0.376 e. The van der Waals surface area contributed by atoms with Gasteiger partial charge in [0.25, 0.3) is 0 Å². The lowest BCUT2D eigenvalue weighted by atomic mass is 9.85. The lowest BCUT2D eigenvalue weighted by Crippen LogP contribution is -2.50. The molecule has 4 heterocycles. The Balaban J connectivity index is 1.47. The van der Waals surface area contributed by atoms with Crippen LogP contribution in [0.3, 0.4) is 0 Å². The molecule has 3 saturated heterocycles. The summed E-state index contributed by atoms with van der Waals surface area (Å²) in [5, 5.41) is 0.345. The zero-order chi connectivity index (χ0) is 23.6. The maximum absolute atomic E-state index is 14.0. The third-order valence-corrected chi connectivity index (χ3v) is 7.99. The Kier molecular flexibility index (Phi) is 5.12. The predicted molar refractivity (Wildman–Crippen MR) is 129 cm³/mol. The van der Waals surface area contributed by atoms with E-state index in [0.717, 1.165) is 29.7 Å². The molecule has 4 aliphatic heterocycles. The molecule has 0 unspecified atom stereocenters. The lowest BCUT2D eigenvalue weighted by Gasteiger charge is -2.38. The molecule has 174 valence electrons. The smallest absolute Gasteiger partial charge is 0.235 e. The van der Waals surface area contributed by atoms with Crippen molar-refractivity contribution < 1.29 is 19.1 Å². The molecule has 0 radical (unpaired) electrons. The fourth-order valence-corrected chi connectivity index (χ4v) is 6.38. The number of carbonyl (C=O) groups is 3. The minimum absolute atomic E-state index is 0.134. The number of hydrogen-bond donors (Lipinski definition) is 0. The Bertz CT molecular complexity index is 1230. The van der Waals surface area contributed by atoms with Crippen molar-refractivity contribution >= 4 is 40.5 Å². The highest BCUT2D eigenvalue weighted by Crippen LogP contribution is 2.50. The fourth-order valence-electron chi connectivity index (χ4n) is 6.15. The Morgan fingerprint density at radius 3 is 2.56 bits per heavy atom. The van der Waals surface area contributed by atoms with E-state index in [0.29, 0.717) is 17.2 Å². The summed E-state index contributed by atoms with van der Waals surface area (Å²) in [5.41, 5.74) is 3.29. The lowest BCUT2D eigenvalue weighted by molar-refractivity contribution is -0.142. The minimum atomic E-state index is -0.814. The van der Waals surface area contributed by atoms with Gasteiger partial charge < -0.3 is 9.64 Å². The molecule has 34 heavy (non-hydrogen) atoms. The van der Waals surface area contributed by atoms with E-state index in [2.05, 4.69) is 0 Å². The molecule has 7 heteroatoms. The van der Waals surface area contributed by atoms with E-state index in [1.807, 2.05) is 42.2 Å². The van der Waals surface area contributed by atoms with Crippen LogP contribution >= 0.6 is 11.6 Å². The van der Waals surface area contributed by atoms with E-state index in [4.69, 9.17) is 16.3 Å². The van der Waals surface area contributed by atoms with E-state index in [1.54, 1.807) is 24.3 Å². The molecular formula is C27H25ClN2O4. The molecule has 0 aliphatic carbocycles. The van der Waals surface area contributed by atoms with Crippen LogP contribution in [0.15, 0.2) is 54.6 Å². The summed E-state index contributed by atoms with van der Waals surface area (Å²) in [7, 11) is 0. The predicted octanol–water partition coefficient (Wildman–Crippen LogP) is 3.98. The molecule has 6 nitrogen and oxygen atoms in total. The number of imide groups is 1. The van der Waals surface area contributed by atoms with Crippen LogP contribution in [-0.2, 0) is 14.3 Å². The number of anilines is 1. The summed E-state index contributed by atoms with van der Waals surface area (Å²) in [6.07, 6.45) is 3.66. The van der Waals surface area contributed by atoms with Crippen molar-refractivity contribution in [3.63, 3.8) is 0 Å². The number of para-hydroxylation sites is 1. The van der Waals surface area contributed by atoms with Crippen molar-refractivity contribution in [1.29, 1.82) is 0 Å². The maximum atomic E-state index is 14.0. The number of hydrogen-bond acceptors (Lipinski definition) is 5. The van der Waals surface area contributed by atoms with Crippen molar-refractivity contribution in [2.75, 3.05) is 18.1 Å².